The number of nitrogens with one attached hydrogen (secondary N) is 1. The van der Waals surface area contributed by atoms with Crippen molar-refractivity contribution in [3.05, 3.63) is 18.2 Å². The molecule has 0 unspecified atom stereocenters. The van der Waals surface area contributed by atoms with Crippen molar-refractivity contribution < 1.29 is 9.53 Å². The summed E-state index contributed by atoms with van der Waals surface area (Å²) in [7, 11) is 0. The smallest absolute Gasteiger partial charge is 0.408 e. The van der Waals surface area contributed by atoms with Crippen LogP contribution in [0, 0.1) is 5.92 Å². The Balaban J connectivity index is 2.65. The fourth-order valence-electron chi connectivity index (χ4n) is 1.80. The highest BCUT2D eigenvalue weighted by Crippen LogP contribution is 2.15. The van der Waals surface area contributed by atoms with Crippen molar-refractivity contribution >= 4 is 6.09 Å². The maximum absolute atomic E-state index is 11.7. The van der Waals surface area contributed by atoms with Gasteiger partial charge in [0.1, 0.15) is 5.60 Å². The highest BCUT2D eigenvalue weighted by molar-refractivity contribution is 5.68. The lowest BCUT2D eigenvalue weighted by molar-refractivity contribution is 0.0506. The Bertz CT molecular complexity index is 419. The summed E-state index contributed by atoms with van der Waals surface area (Å²) in [5.74, 6) is 0.529. The zero-order valence-corrected chi connectivity index (χ0v) is 12.7. The largest absolute Gasteiger partial charge is 0.444 e. The lowest BCUT2D eigenvalue weighted by Crippen LogP contribution is -2.34. The summed E-state index contributed by atoms with van der Waals surface area (Å²) in [6.07, 6.45) is 3.17. The molecular weight excluding hydrogens is 242 g/mol. The molecule has 0 spiro atoms. The lowest BCUT2D eigenvalue weighted by Gasteiger charge is -2.22. The van der Waals surface area contributed by atoms with E-state index in [1.54, 1.807) is 12.5 Å². The maximum Gasteiger partial charge on any atom is 0.408 e. The third-order valence-corrected chi connectivity index (χ3v) is 2.48. The zero-order valence-electron chi connectivity index (χ0n) is 12.7. The minimum absolute atomic E-state index is 0.129. The van der Waals surface area contributed by atoms with Gasteiger partial charge in [-0.3, -0.25) is 0 Å². The molecule has 5 nitrogen and oxygen atoms in total. The molecule has 19 heavy (non-hydrogen) atoms. The van der Waals surface area contributed by atoms with Crippen molar-refractivity contribution in [3.8, 4) is 0 Å². The van der Waals surface area contributed by atoms with Crippen LogP contribution in [0.5, 0.6) is 0 Å². The quantitative estimate of drug-likeness (QED) is 0.911. The second-order valence-electron chi connectivity index (χ2n) is 6.23. The van der Waals surface area contributed by atoms with Gasteiger partial charge in [-0.2, -0.15) is 0 Å². The van der Waals surface area contributed by atoms with Crippen LogP contribution in [0.25, 0.3) is 0 Å². The van der Waals surface area contributed by atoms with Crippen molar-refractivity contribution in [2.24, 2.45) is 5.92 Å². The van der Waals surface area contributed by atoms with E-state index in [0.717, 1.165) is 12.2 Å². The monoisotopic (exact) mass is 267 g/mol. The number of hydrogen-bond acceptors (Lipinski definition) is 3. The number of hydrogen-bond donors (Lipinski definition) is 1. The molecule has 0 saturated carbocycles. The van der Waals surface area contributed by atoms with Gasteiger partial charge < -0.3 is 14.6 Å². The average Bonchev–Trinajstić information content (AvgIpc) is 2.61. The van der Waals surface area contributed by atoms with Crippen molar-refractivity contribution in [1.82, 2.24) is 14.9 Å². The maximum atomic E-state index is 11.7. The van der Waals surface area contributed by atoms with Gasteiger partial charge in [0.25, 0.3) is 0 Å². The molecule has 0 bridgehead atoms. The van der Waals surface area contributed by atoms with Gasteiger partial charge in [-0.1, -0.05) is 13.8 Å². The molecule has 1 aromatic heterocycles. The molecule has 1 atom stereocenters. The van der Waals surface area contributed by atoms with Crippen molar-refractivity contribution in [2.75, 3.05) is 0 Å². The van der Waals surface area contributed by atoms with E-state index in [4.69, 9.17) is 4.74 Å². The van der Waals surface area contributed by atoms with Gasteiger partial charge in [-0.05, 0) is 33.6 Å². The highest BCUT2D eigenvalue weighted by Gasteiger charge is 2.19. The first-order valence-corrected chi connectivity index (χ1v) is 6.68. The first-order valence-electron chi connectivity index (χ1n) is 6.68. The summed E-state index contributed by atoms with van der Waals surface area (Å²) >= 11 is 0. The van der Waals surface area contributed by atoms with Gasteiger partial charge in [-0.25, -0.2) is 9.78 Å². The van der Waals surface area contributed by atoms with Crippen LogP contribution in [0.1, 0.15) is 53.3 Å². The Labute approximate surface area is 115 Å². The lowest BCUT2D eigenvalue weighted by atomic mass is 10.2. The number of nitrogens with zero attached hydrogens (tertiary/aromatic N) is 2. The summed E-state index contributed by atoms with van der Waals surface area (Å²) in [5, 5.41) is 2.83. The molecule has 0 radical (unpaired) electrons. The molecule has 1 N–H and O–H groups in total. The van der Waals surface area contributed by atoms with Crippen molar-refractivity contribution in [2.45, 2.75) is 59.7 Å². The van der Waals surface area contributed by atoms with Crippen molar-refractivity contribution in [3.63, 3.8) is 0 Å². The Hall–Kier alpha value is -1.52. The van der Waals surface area contributed by atoms with E-state index >= 15 is 0 Å². The van der Waals surface area contributed by atoms with E-state index in [1.165, 1.54) is 0 Å². The second kappa shape index (κ2) is 6.08. The average molecular weight is 267 g/mol. The van der Waals surface area contributed by atoms with Gasteiger partial charge in [0.2, 0.25) is 0 Å². The van der Waals surface area contributed by atoms with Gasteiger partial charge in [-0.15, -0.1) is 0 Å². The van der Waals surface area contributed by atoms with Crippen LogP contribution in [-0.2, 0) is 11.3 Å². The number of aromatic nitrogens is 2. The predicted octanol–water partition coefficient (Wildman–Crippen LogP) is 3.12. The number of ether oxygens (including phenoxy) is 1. The van der Waals surface area contributed by atoms with E-state index in [9.17, 15) is 4.79 Å². The van der Waals surface area contributed by atoms with Crippen molar-refractivity contribution in [1.29, 1.82) is 0 Å². The first kappa shape index (κ1) is 15.5. The molecule has 5 heteroatoms. The molecule has 1 amide bonds. The molecule has 1 rings (SSSR count). The van der Waals surface area contributed by atoms with Gasteiger partial charge >= 0.3 is 6.09 Å². The minimum atomic E-state index is -0.484. The summed E-state index contributed by atoms with van der Waals surface area (Å²) in [6.45, 7) is 12.7. The number of carbonyl (C=O) groups is 1. The van der Waals surface area contributed by atoms with Crippen LogP contribution < -0.4 is 5.32 Å². The molecule has 0 aliphatic carbocycles. The molecule has 0 saturated heterocycles. The Morgan fingerprint density at radius 2 is 2.05 bits per heavy atom. The fourth-order valence-corrected chi connectivity index (χ4v) is 1.80. The van der Waals surface area contributed by atoms with E-state index in [2.05, 4.69) is 28.7 Å². The number of alkyl carbamates (subject to hydrolysis) is 1. The SMILES string of the molecule is CC(C)Cn1cncc1[C@@H](C)NC(=O)OC(C)(C)C. The minimum Gasteiger partial charge on any atom is -0.444 e. The summed E-state index contributed by atoms with van der Waals surface area (Å²) in [4.78, 5) is 15.9. The number of rotatable bonds is 4. The van der Waals surface area contributed by atoms with Gasteiger partial charge in [0, 0.05) is 6.54 Å². The van der Waals surface area contributed by atoms with Crippen LogP contribution in [0.4, 0.5) is 4.79 Å². The molecule has 1 aromatic rings. The van der Waals surface area contributed by atoms with Crippen LogP contribution in [0.3, 0.4) is 0 Å². The van der Waals surface area contributed by atoms with E-state index in [-0.39, 0.29) is 6.04 Å². The number of imidazole rings is 1. The first-order chi connectivity index (χ1) is 8.69. The van der Waals surface area contributed by atoms with E-state index < -0.39 is 11.7 Å². The predicted molar refractivity (Wildman–Crippen MR) is 74.8 cm³/mol. The number of amides is 1. The standard InChI is InChI=1S/C14H25N3O2/c1-10(2)8-17-9-15-7-12(17)11(3)16-13(18)19-14(4,5)6/h7,9-11H,8H2,1-6H3,(H,16,18)/t11-/m1/s1. The van der Waals surface area contributed by atoms with Crippen LogP contribution in [-0.4, -0.2) is 21.2 Å². The van der Waals surface area contributed by atoms with Gasteiger partial charge in [0.15, 0.2) is 0 Å². The summed E-state index contributed by atoms with van der Waals surface area (Å²) in [6, 6.07) is -0.129. The fraction of sp³-hybridized carbons (Fsp3) is 0.714. The Morgan fingerprint density at radius 1 is 1.42 bits per heavy atom. The highest BCUT2D eigenvalue weighted by atomic mass is 16.6. The molecule has 1 heterocycles. The summed E-state index contributed by atoms with van der Waals surface area (Å²) in [5.41, 5.74) is 0.502. The molecule has 108 valence electrons. The second-order valence-corrected chi connectivity index (χ2v) is 6.23. The van der Waals surface area contributed by atoms with Gasteiger partial charge in [0.05, 0.1) is 24.3 Å². The topological polar surface area (TPSA) is 56.2 Å². The Kier molecular flexibility index (Phi) is 4.97. The van der Waals surface area contributed by atoms with Crippen LogP contribution in [0.15, 0.2) is 12.5 Å². The number of carbonyl (C=O) groups excluding carboxylic acids is 1. The normalized spacial score (nSPS) is 13.4. The Morgan fingerprint density at radius 3 is 2.58 bits per heavy atom. The molecule has 0 aliphatic heterocycles. The molecule has 0 aromatic carbocycles. The van der Waals surface area contributed by atoms with Crippen LogP contribution >= 0.6 is 0 Å². The zero-order chi connectivity index (χ0) is 14.6. The van der Waals surface area contributed by atoms with Crippen LogP contribution in [0.2, 0.25) is 0 Å². The van der Waals surface area contributed by atoms with E-state index in [0.29, 0.717) is 5.92 Å². The molecule has 0 aliphatic rings. The third kappa shape index (κ3) is 5.32. The summed E-state index contributed by atoms with van der Waals surface area (Å²) < 4.78 is 7.31. The molecule has 0 fully saturated rings. The third-order valence-electron chi connectivity index (χ3n) is 2.48. The molecular formula is C14H25N3O2. The van der Waals surface area contributed by atoms with E-state index in [1.807, 2.05) is 27.7 Å².